The molecule has 3 N–H and O–H groups in total. The summed E-state index contributed by atoms with van der Waals surface area (Å²) in [7, 11) is 0. The predicted octanol–water partition coefficient (Wildman–Crippen LogP) is 4.63. The standard InChI is InChI=1S/C23H27FN4O.ClH/c24-20-13-11-18(12-14-20)23-19(16-26-22(29)10-6-1-2-7-15-25)17-28(27-23)21-8-4-3-5-9-21;/h3-5,8-9,11-14,17H,1-2,6-7,10,15-16,25H2,(H,26,29);1H. The summed E-state index contributed by atoms with van der Waals surface area (Å²) in [5.41, 5.74) is 8.85. The van der Waals surface area contributed by atoms with Crippen molar-refractivity contribution in [2.24, 2.45) is 5.73 Å². The third-order valence-corrected chi connectivity index (χ3v) is 4.76. The zero-order valence-electron chi connectivity index (χ0n) is 16.9. The smallest absolute Gasteiger partial charge is 0.220 e. The predicted molar refractivity (Wildman–Crippen MR) is 120 cm³/mol. The van der Waals surface area contributed by atoms with Crippen molar-refractivity contribution >= 4 is 18.3 Å². The maximum Gasteiger partial charge on any atom is 0.220 e. The van der Waals surface area contributed by atoms with Gasteiger partial charge in [0.2, 0.25) is 5.91 Å². The van der Waals surface area contributed by atoms with Gasteiger partial charge in [0.05, 0.1) is 11.4 Å². The van der Waals surface area contributed by atoms with E-state index in [1.165, 1.54) is 12.1 Å². The third kappa shape index (κ3) is 6.68. The highest BCUT2D eigenvalue weighted by Gasteiger charge is 2.13. The number of amides is 1. The van der Waals surface area contributed by atoms with Crippen LogP contribution in [0.4, 0.5) is 4.39 Å². The fraction of sp³-hybridized carbons (Fsp3) is 0.304. The quantitative estimate of drug-likeness (QED) is 0.461. The zero-order valence-corrected chi connectivity index (χ0v) is 17.7. The van der Waals surface area contributed by atoms with E-state index in [0.717, 1.165) is 48.2 Å². The van der Waals surface area contributed by atoms with Crippen LogP contribution in [-0.2, 0) is 11.3 Å². The van der Waals surface area contributed by atoms with Crippen molar-refractivity contribution in [3.63, 3.8) is 0 Å². The van der Waals surface area contributed by atoms with Crippen LogP contribution in [0.5, 0.6) is 0 Å². The molecule has 2 aromatic carbocycles. The van der Waals surface area contributed by atoms with E-state index in [-0.39, 0.29) is 24.1 Å². The number of carbonyl (C=O) groups excluding carboxylic acids is 1. The number of aromatic nitrogens is 2. The molecule has 0 aliphatic rings. The molecule has 0 saturated heterocycles. The molecule has 3 aromatic rings. The third-order valence-electron chi connectivity index (χ3n) is 4.76. The zero-order chi connectivity index (χ0) is 20.5. The van der Waals surface area contributed by atoms with Crippen molar-refractivity contribution < 1.29 is 9.18 Å². The first kappa shape index (κ1) is 23.6. The van der Waals surface area contributed by atoms with Crippen LogP contribution >= 0.6 is 12.4 Å². The molecule has 0 saturated carbocycles. The number of benzene rings is 2. The highest BCUT2D eigenvalue weighted by Crippen LogP contribution is 2.24. The first-order chi connectivity index (χ1) is 14.2. The SMILES string of the molecule is Cl.NCCCCCCC(=O)NCc1cn(-c2ccccc2)nc1-c1ccc(F)cc1. The van der Waals surface area contributed by atoms with Crippen molar-refractivity contribution in [2.75, 3.05) is 6.54 Å². The lowest BCUT2D eigenvalue weighted by Gasteiger charge is -2.06. The summed E-state index contributed by atoms with van der Waals surface area (Å²) in [5, 5.41) is 7.67. The van der Waals surface area contributed by atoms with Gasteiger partial charge in [-0.2, -0.15) is 5.10 Å². The Morgan fingerprint density at radius 1 is 1.00 bits per heavy atom. The largest absolute Gasteiger partial charge is 0.352 e. The van der Waals surface area contributed by atoms with Crippen molar-refractivity contribution in [1.82, 2.24) is 15.1 Å². The van der Waals surface area contributed by atoms with Gasteiger partial charge in [-0.1, -0.05) is 31.0 Å². The lowest BCUT2D eigenvalue weighted by atomic mass is 10.1. The van der Waals surface area contributed by atoms with Crippen LogP contribution < -0.4 is 11.1 Å². The summed E-state index contributed by atoms with van der Waals surface area (Å²) in [4.78, 5) is 12.2. The summed E-state index contributed by atoms with van der Waals surface area (Å²) >= 11 is 0. The van der Waals surface area contributed by atoms with Gasteiger partial charge in [-0.25, -0.2) is 9.07 Å². The van der Waals surface area contributed by atoms with Crippen LogP contribution in [0.15, 0.2) is 60.8 Å². The Morgan fingerprint density at radius 3 is 2.40 bits per heavy atom. The van der Waals surface area contributed by atoms with E-state index < -0.39 is 0 Å². The number of hydrogen-bond acceptors (Lipinski definition) is 3. The number of unbranched alkanes of at least 4 members (excludes halogenated alkanes) is 3. The number of hydrogen-bond donors (Lipinski definition) is 2. The molecular formula is C23H28ClFN4O. The van der Waals surface area contributed by atoms with E-state index in [0.29, 0.717) is 19.5 Å². The molecule has 1 amide bonds. The molecule has 0 fully saturated rings. The molecule has 1 aromatic heterocycles. The Bertz CT molecular complexity index is 913. The van der Waals surface area contributed by atoms with Gasteiger partial charge in [-0.05, 0) is 55.8 Å². The first-order valence-corrected chi connectivity index (χ1v) is 10.0. The molecule has 0 spiro atoms. The second-order valence-electron chi connectivity index (χ2n) is 7.02. The van der Waals surface area contributed by atoms with Crippen LogP contribution in [-0.4, -0.2) is 22.2 Å². The number of nitrogens with zero attached hydrogens (tertiary/aromatic N) is 2. The number of halogens is 2. The van der Waals surface area contributed by atoms with Crippen LogP contribution in [0.25, 0.3) is 16.9 Å². The molecule has 30 heavy (non-hydrogen) atoms. The fourth-order valence-corrected chi connectivity index (χ4v) is 3.17. The summed E-state index contributed by atoms with van der Waals surface area (Å²) in [6.45, 7) is 1.07. The summed E-state index contributed by atoms with van der Waals surface area (Å²) in [6, 6.07) is 16.0. The number of nitrogens with two attached hydrogens (primary N) is 1. The van der Waals surface area contributed by atoms with Crippen molar-refractivity contribution in [2.45, 2.75) is 38.6 Å². The molecule has 3 rings (SSSR count). The summed E-state index contributed by atoms with van der Waals surface area (Å²) in [6.07, 6.45) is 6.35. The van der Waals surface area contributed by atoms with Crippen LogP contribution in [0.3, 0.4) is 0 Å². The van der Waals surface area contributed by atoms with E-state index in [1.54, 1.807) is 16.8 Å². The van der Waals surface area contributed by atoms with Crippen LogP contribution in [0.2, 0.25) is 0 Å². The molecule has 0 unspecified atom stereocenters. The van der Waals surface area contributed by atoms with Crippen molar-refractivity contribution in [3.05, 3.63) is 72.2 Å². The molecule has 0 atom stereocenters. The topological polar surface area (TPSA) is 72.9 Å². The maximum absolute atomic E-state index is 13.3. The molecule has 0 aliphatic carbocycles. The minimum Gasteiger partial charge on any atom is -0.352 e. The maximum atomic E-state index is 13.3. The van der Waals surface area contributed by atoms with Gasteiger partial charge in [0.25, 0.3) is 0 Å². The Balaban J connectivity index is 0.00000320. The lowest BCUT2D eigenvalue weighted by Crippen LogP contribution is -2.22. The molecule has 0 aliphatic heterocycles. The van der Waals surface area contributed by atoms with E-state index in [1.807, 2.05) is 36.5 Å². The van der Waals surface area contributed by atoms with E-state index >= 15 is 0 Å². The minimum atomic E-state index is -0.291. The number of para-hydroxylation sites is 1. The normalized spacial score (nSPS) is 10.5. The molecule has 1 heterocycles. The lowest BCUT2D eigenvalue weighted by molar-refractivity contribution is -0.121. The molecule has 7 heteroatoms. The molecule has 0 bridgehead atoms. The summed E-state index contributed by atoms with van der Waals surface area (Å²) < 4.78 is 15.1. The fourth-order valence-electron chi connectivity index (χ4n) is 3.17. The van der Waals surface area contributed by atoms with Crippen LogP contribution in [0, 0.1) is 5.82 Å². The van der Waals surface area contributed by atoms with Gasteiger partial charge < -0.3 is 11.1 Å². The monoisotopic (exact) mass is 430 g/mol. The number of carbonyl (C=O) groups is 1. The van der Waals surface area contributed by atoms with Crippen molar-refractivity contribution in [1.29, 1.82) is 0 Å². The highest BCUT2D eigenvalue weighted by molar-refractivity contribution is 5.85. The van der Waals surface area contributed by atoms with E-state index in [2.05, 4.69) is 10.4 Å². The van der Waals surface area contributed by atoms with Gasteiger partial charge >= 0.3 is 0 Å². The summed E-state index contributed by atoms with van der Waals surface area (Å²) in [5.74, 6) is -0.268. The number of rotatable bonds is 10. The Kier molecular flexibility index (Phi) is 9.51. The Hall–Kier alpha value is -2.70. The van der Waals surface area contributed by atoms with Crippen LogP contribution in [0.1, 0.15) is 37.7 Å². The second kappa shape index (κ2) is 12.1. The van der Waals surface area contributed by atoms with Crippen molar-refractivity contribution in [3.8, 4) is 16.9 Å². The molecule has 0 radical (unpaired) electrons. The number of nitrogens with one attached hydrogen (secondary N) is 1. The first-order valence-electron chi connectivity index (χ1n) is 10.0. The van der Waals surface area contributed by atoms with Gasteiger partial charge in [-0.15, -0.1) is 12.4 Å². The second-order valence-corrected chi connectivity index (χ2v) is 7.02. The Morgan fingerprint density at radius 2 is 1.70 bits per heavy atom. The molecular weight excluding hydrogens is 403 g/mol. The average molecular weight is 431 g/mol. The van der Waals surface area contributed by atoms with Gasteiger partial charge in [0, 0.05) is 30.3 Å². The van der Waals surface area contributed by atoms with E-state index in [4.69, 9.17) is 5.73 Å². The van der Waals surface area contributed by atoms with Gasteiger partial charge in [-0.3, -0.25) is 4.79 Å². The minimum absolute atomic E-state index is 0. The Labute approximate surface area is 182 Å². The van der Waals surface area contributed by atoms with Gasteiger partial charge in [0.1, 0.15) is 5.82 Å². The van der Waals surface area contributed by atoms with Gasteiger partial charge in [0.15, 0.2) is 0 Å². The molecule has 160 valence electrons. The van der Waals surface area contributed by atoms with E-state index in [9.17, 15) is 9.18 Å². The molecule has 5 nitrogen and oxygen atoms in total. The average Bonchev–Trinajstić information content (AvgIpc) is 3.17. The highest BCUT2D eigenvalue weighted by atomic mass is 35.5.